The Bertz CT molecular complexity index is 232. The molecule has 0 unspecified atom stereocenters. The van der Waals surface area contributed by atoms with Gasteiger partial charge in [0.15, 0.2) is 0 Å². The van der Waals surface area contributed by atoms with E-state index in [0.717, 1.165) is 5.70 Å². The van der Waals surface area contributed by atoms with Crippen LogP contribution in [0.4, 0.5) is 0 Å². The van der Waals surface area contributed by atoms with Gasteiger partial charge in [-0.3, -0.25) is 0 Å². The molecule has 0 amide bonds. The highest BCUT2D eigenvalue weighted by atomic mass is 16.3. The van der Waals surface area contributed by atoms with Crippen LogP contribution in [-0.2, 0) is 0 Å². The fraction of sp³-hybridized carbons (Fsp3) is 0.200. The van der Waals surface area contributed by atoms with E-state index in [1.54, 1.807) is 19.1 Å². The van der Waals surface area contributed by atoms with E-state index >= 15 is 0 Å². The lowest BCUT2D eigenvalue weighted by molar-refractivity contribution is 0.405. The molecule has 0 aliphatic carbocycles. The standard InChI is InChI=1S/C10H15NO/c1-5-9(6-2)11-10(7-3)8(4)12/h5-7,11-12H,1,3H2,2,4H3/b9-6+,10-8-. The van der Waals surface area contributed by atoms with Gasteiger partial charge in [-0.1, -0.05) is 19.2 Å². The highest BCUT2D eigenvalue weighted by molar-refractivity contribution is 5.26. The normalized spacial score (nSPS) is 13.3. The third-order valence-corrected chi connectivity index (χ3v) is 1.40. The van der Waals surface area contributed by atoms with E-state index in [2.05, 4.69) is 18.5 Å². The summed E-state index contributed by atoms with van der Waals surface area (Å²) in [6, 6.07) is 0. The molecule has 0 aliphatic rings. The lowest BCUT2D eigenvalue weighted by Crippen LogP contribution is -2.10. The van der Waals surface area contributed by atoms with Gasteiger partial charge in [0.05, 0.1) is 5.70 Å². The fourth-order valence-electron chi connectivity index (χ4n) is 0.686. The average Bonchev–Trinajstić information content (AvgIpc) is 2.06. The van der Waals surface area contributed by atoms with Crippen LogP contribution in [-0.4, -0.2) is 5.11 Å². The van der Waals surface area contributed by atoms with Crippen molar-refractivity contribution in [2.45, 2.75) is 13.8 Å². The summed E-state index contributed by atoms with van der Waals surface area (Å²) in [6.07, 6.45) is 5.09. The van der Waals surface area contributed by atoms with E-state index in [-0.39, 0.29) is 5.76 Å². The van der Waals surface area contributed by atoms with Gasteiger partial charge in [0.25, 0.3) is 0 Å². The smallest absolute Gasteiger partial charge is 0.113 e. The summed E-state index contributed by atoms with van der Waals surface area (Å²) >= 11 is 0. The second-order valence-electron chi connectivity index (χ2n) is 2.28. The molecule has 0 spiro atoms. The molecule has 0 saturated heterocycles. The Morgan fingerprint density at radius 1 is 1.33 bits per heavy atom. The summed E-state index contributed by atoms with van der Waals surface area (Å²) < 4.78 is 0. The number of allylic oxidation sites excluding steroid dienone is 4. The molecule has 2 heteroatoms. The van der Waals surface area contributed by atoms with Crippen LogP contribution in [0.15, 0.2) is 48.5 Å². The molecule has 66 valence electrons. The van der Waals surface area contributed by atoms with Gasteiger partial charge < -0.3 is 10.4 Å². The summed E-state index contributed by atoms with van der Waals surface area (Å²) in [5, 5.41) is 12.1. The molecule has 0 aliphatic heterocycles. The highest BCUT2D eigenvalue weighted by Gasteiger charge is 1.96. The molecular formula is C10H15NO. The number of nitrogens with one attached hydrogen (secondary N) is 1. The topological polar surface area (TPSA) is 32.3 Å². The lowest BCUT2D eigenvalue weighted by atomic mass is 10.3. The first-order valence-corrected chi connectivity index (χ1v) is 3.73. The first-order valence-electron chi connectivity index (χ1n) is 3.73. The van der Waals surface area contributed by atoms with Crippen LogP contribution in [0.1, 0.15) is 13.8 Å². The maximum Gasteiger partial charge on any atom is 0.113 e. The first kappa shape index (κ1) is 10.6. The summed E-state index contributed by atoms with van der Waals surface area (Å²) in [5.41, 5.74) is 1.45. The van der Waals surface area contributed by atoms with Crippen molar-refractivity contribution < 1.29 is 5.11 Å². The Morgan fingerprint density at radius 3 is 2.17 bits per heavy atom. The lowest BCUT2D eigenvalue weighted by Gasteiger charge is -2.07. The second kappa shape index (κ2) is 5.24. The molecule has 0 aromatic carbocycles. The summed E-state index contributed by atoms with van der Waals surface area (Å²) in [4.78, 5) is 0. The number of aliphatic hydroxyl groups is 1. The Labute approximate surface area is 73.6 Å². The van der Waals surface area contributed by atoms with Crippen molar-refractivity contribution in [1.29, 1.82) is 0 Å². The van der Waals surface area contributed by atoms with Crippen molar-refractivity contribution in [1.82, 2.24) is 5.32 Å². The van der Waals surface area contributed by atoms with Crippen molar-refractivity contribution in [3.05, 3.63) is 48.5 Å². The van der Waals surface area contributed by atoms with E-state index in [4.69, 9.17) is 5.11 Å². The van der Waals surface area contributed by atoms with E-state index in [9.17, 15) is 0 Å². The fourth-order valence-corrected chi connectivity index (χ4v) is 0.686. The van der Waals surface area contributed by atoms with Gasteiger partial charge in [0.2, 0.25) is 0 Å². The third kappa shape index (κ3) is 3.10. The SMILES string of the molecule is C=C/C(N/C(C=C)=C/C)=C(\C)O. The van der Waals surface area contributed by atoms with Crippen LogP contribution in [0.2, 0.25) is 0 Å². The van der Waals surface area contributed by atoms with E-state index < -0.39 is 0 Å². The first-order chi connectivity index (χ1) is 5.65. The summed E-state index contributed by atoms with van der Waals surface area (Å²) in [7, 11) is 0. The van der Waals surface area contributed by atoms with Gasteiger partial charge in [-0.2, -0.15) is 0 Å². The Balaban J connectivity index is 4.52. The zero-order valence-electron chi connectivity index (χ0n) is 7.59. The zero-order chi connectivity index (χ0) is 9.56. The average molecular weight is 165 g/mol. The van der Waals surface area contributed by atoms with Crippen LogP contribution in [0, 0.1) is 0 Å². The molecule has 0 bridgehead atoms. The Hall–Kier alpha value is -1.44. The van der Waals surface area contributed by atoms with Crippen LogP contribution >= 0.6 is 0 Å². The minimum absolute atomic E-state index is 0.214. The second-order valence-corrected chi connectivity index (χ2v) is 2.28. The van der Waals surface area contributed by atoms with Crippen LogP contribution in [0.3, 0.4) is 0 Å². The minimum Gasteiger partial charge on any atom is -0.510 e. The van der Waals surface area contributed by atoms with Gasteiger partial charge >= 0.3 is 0 Å². The molecule has 2 nitrogen and oxygen atoms in total. The van der Waals surface area contributed by atoms with Crippen molar-refractivity contribution in [2.75, 3.05) is 0 Å². The van der Waals surface area contributed by atoms with E-state index in [1.807, 2.05) is 13.0 Å². The van der Waals surface area contributed by atoms with Crippen LogP contribution in [0.5, 0.6) is 0 Å². The quantitative estimate of drug-likeness (QED) is 0.496. The molecule has 0 heterocycles. The van der Waals surface area contributed by atoms with Crippen molar-refractivity contribution in [3.63, 3.8) is 0 Å². The summed E-state index contributed by atoms with van der Waals surface area (Å²) in [6.45, 7) is 10.7. The van der Waals surface area contributed by atoms with Gasteiger partial charge in [-0.15, -0.1) is 0 Å². The van der Waals surface area contributed by atoms with E-state index in [0.29, 0.717) is 5.70 Å². The van der Waals surface area contributed by atoms with Gasteiger partial charge in [-0.25, -0.2) is 0 Å². The predicted molar refractivity (Wildman–Crippen MR) is 52.6 cm³/mol. The van der Waals surface area contributed by atoms with Gasteiger partial charge in [0.1, 0.15) is 5.76 Å². The molecule has 0 aromatic heterocycles. The maximum absolute atomic E-state index is 9.14. The molecule has 0 aromatic rings. The van der Waals surface area contributed by atoms with E-state index in [1.165, 1.54) is 0 Å². The Kier molecular flexibility index (Phi) is 4.61. The molecule has 0 atom stereocenters. The molecule has 0 radical (unpaired) electrons. The molecule has 2 N–H and O–H groups in total. The number of aliphatic hydroxyl groups excluding tert-OH is 1. The van der Waals surface area contributed by atoms with Crippen LogP contribution < -0.4 is 5.32 Å². The Morgan fingerprint density at radius 2 is 1.92 bits per heavy atom. The highest BCUT2D eigenvalue weighted by Crippen LogP contribution is 2.01. The minimum atomic E-state index is 0.214. The molecular weight excluding hydrogens is 150 g/mol. The van der Waals surface area contributed by atoms with Crippen molar-refractivity contribution >= 4 is 0 Å². The number of hydrogen-bond acceptors (Lipinski definition) is 2. The summed E-state index contributed by atoms with van der Waals surface area (Å²) in [5.74, 6) is 0.214. The zero-order valence-corrected chi connectivity index (χ0v) is 7.59. The monoisotopic (exact) mass is 165 g/mol. The van der Waals surface area contributed by atoms with Crippen LogP contribution in [0.25, 0.3) is 0 Å². The largest absolute Gasteiger partial charge is 0.510 e. The number of rotatable bonds is 4. The van der Waals surface area contributed by atoms with Gasteiger partial charge in [0, 0.05) is 5.70 Å². The number of hydrogen-bond donors (Lipinski definition) is 2. The van der Waals surface area contributed by atoms with Crippen molar-refractivity contribution in [2.24, 2.45) is 0 Å². The molecule has 0 fully saturated rings. The molecule has 0 rings (SSSR count). The predicted octanol–water partition coefficient (Wildman–Crippen LogP) is 2.64. The maximum atomic E-state index is 9.14. The molecule has 12 heavy (non-hydrogen) atoms. The van der Waals surface area contributed by atoms with Crippen molar-refractivity contribution in [3.8, 4) is 0 Å². The van der Waals surface area contributed by atoms with Gasteiger partial charge in [-0.05, 0) is 26.0 Å². The third-order valence-electron chi connectivity index (χ3n) is 1.40. The molecule has 0 saturated carbocycles.